The third-order valence-electron chi connectivity index (χ3n) is 3.86. The van der Waals surface area contributed by atoms with E-state index in [0.29, 0.717) is 13.2 Å². The van der Waals surface area contributed by atoms with Crippen LogP contribution >= 0.6 is 11.3 Å². The number of ether oxygens (including phenoxy) is 1. The minimum absolute atomic E-state index is 0.0316. The Kier molecular flexibility index (Phi) is 4.70. The quantitative estimate of drug-likeness (QED) is 0.810. The van der Waals surface area contributed by atoms with Gasteiger partial charge in [0, 0.05) is 37.3 Å². The summed E-state index contributed by atoms with van der Waals surface area (Å²) < 4.78 is 5.80. The molecular formula is C14H20N4O3S. The molecule has 1 atom stereocenters. The number of morpholine rings is 1. The van der Waals surface area contributed by atoms with Crippen LogP contribution in [0.1, 0.15) is 23.2 Å². The zero-order valence-electron chi connectivity index (χ0n) is 12.6. The summed E-state index contributed by atoms with van der Waals surface area (Å²) in [4.78, 5) is 31.1. The fourth-order valence-corrected chi connectivity index (χ4v) is 3.54. The molecule has 0 spiro atoms. The summed E-state index contributed by atoms with van der Waals surface area (Å²) in [6, 6.07) is -0.275. The van der Waals surface area contributed by atoms with Gasteiger partial charge in [-0.2, -0.15) is 0 Å². The fraction of sp³-hybridized carbons (Fsp3) is 0.643. The lowest BCUT2D eigenvalue weighted by Gasteiger charge is -2.32. The van der Waals surface area contributed by atoms with Gasteiger partial charge >= 0.3 is 6.03 Å². The molecule has 2 saturated heterocycles. The lowest BCUT2D eigenvalue weighted by Crippen LogP contribution is -2.40. The van der Waals surface area contributed by atoms with Gasteiger partial charge in [0.05, 0.1) is 13.2 Å². The highest BCUT2D eigenvalue weighted by atomic mass is 32.1. The molecule has 120 valence electrons. The fourth-order valence-electron chi connectivity index (χ4n) is 2.71. The highest BCUT2D eigenvalue weighted by Gasteiger charge is 2.28. The Balaban J connectivity index is 1.46. The van der Waals surface area contributed by atoms with Gasteiger partial charge in [0.2, 0.25) is 5.91 Å². The van der Waals surface area contributed by atoms with Crippen LogP contribution < -0.4 is 5.32 Å². The van der Waals surface area contributed by atoms with E-state index in [0.717, 1.165) is 36.8 Å². The molecule has 0 bridgehead atoms. The summed E-state index contributed by atoms with van der Waals surface area (Å²) >= 11 is 1.63. The van der Waals surface area contributed by atoms with E-state index in [1.165, 1.54) is 4.90 Å². The molecule has 1 aromatic rings. The molecule has 1 aromatic heterocycles. The molecule has 22 heavy (non-hydrogen) atoms. The Morgan fingerprint density at radius 1 is 1.45 bits per heavy atom. The number of nitrogens with zero attached hydrogens (tertiary/aromatic N) is 3. The molecule has 2 aliphatic heterocycles. The van der Waals surface area contributed by atoms with Gasteiger partial charge in [-0.1, -0.05) is 0 Å². The molecule has 0 unspecified atom stereocenters. The molecule has 3 rings (SSSR count). The van der Waals surface area contributed by atoms with Gasteiger partial charge in [-0.05, 0) is 13.3 Å². The first-order valence-electron chi connectivity index (χ1n) is 7.47. The number of hydrogen-bond acceptors (Lipinski definition) is 6. The van der Waals surface area contributed by atoms with Gasteiger partial charge in [-0.3, -0.25) is 14.6 Å². The Bertz CT molecular complexity index is 546. The van der Waals surface area contributed by atoms with Gasteiger partial charge in [-0.15, -0.1) is 11.3 Å². The van der Waals surface area contributed by atoms with Gasteiger partial charge in [0.15, 0.2) is 0 Å². The van der Waals surface area contributed by atoms with Crippen molar-refractivity contribution in [2.24, 2.45) is 0 Å². The number of hydrogen-bond donors (Lipinski definition) is 1. The van der Waals surface area contributed by atoms with Crippen molar-refractivity contribution in [3.05, 3.63) is 16.1 Å². The topological polar surface area (TPSA) is 74.8 Å². The zero-order valence-corrected chi connectivity index (χ0v) is 13.4. The van der Waals surface area contributed by atoms with Crippen molar-refractivity contribution in [2.75, 3.05) is 39.3 Å². The molecule has 3 heterocycles. The van der Waals surface area contributed by atoms with Crippen LogP contribution in [0.5, 0.6) is 0 Å². The first-order chi connectivity index (χ1) is 10.6. The standard InChI is InChI=1S/C14H20N4O3S/c1-10-9-22-13(16-10)11-8-17(5-6-21-11)3-2-4-18-12(19)7-15-14(18)20/h9,11H,2-8H2,1H3,(H,15,20)/t11-/m0/s1. The van der Waals surface area contributed by atoms with E-state index >= 15 is 0 Å². The third kappa shape index (κ3) is 3.45. The van der Waals surface area contributed by atoms with Crippen LogP contribution in [0.4, 0.5) is 4.79 Å². The largest absolute Gasteiger partial charge is 0.368 e. The molecule has 0 aromatic carbocycles. The summed E-state index contributed by atoms with van der Waals surface area (Å²) in [5.41, 5.74) is 1.03. The first-order valence-corrected chi connectivity index (χ1v) is 8.35. The monoisotopic (exact) mass is 324 g/mol. The molecule has 2 fully saturated rings. The SMILES string of the molecule is Cc1csc([C@@H]2CN(CCCN3C(=O)CNC3=O)CCO2)n1. The zero-order chi connectivity index (χ0) is 15.5. The summed E-state index contributed by atoms with van der Waals surface area (Å²) in [6.45, 7) is 5.81. The molecule has 1 N–H and O–H groups in total. The Morgan fingerprint density at radius 2 is 2.32 bits per heavy atom. The van der Waals surface area contributed by atoms with Gasteiger partial charge in [-0.25, -0.2) is 9.78 Å². The lowest BCUT2D eigenvalue weighted by atomic mass is 10.2. The number of urea groups is 1. The number of imide groups is 1. The average Bonchev–Trinajstić information content (AvgIpc) is 3.08. The van der Waals surface area contributed by atoms with Gasteiger partial charge < -0.3 is 10.1 Å². The third-order valence-corrected chi connectivity index (χ3v) is 4.91. The second-order valence-electron chi connectivity index (χ2n) is 5.54. The molecule has 0 aliphatic carbocycles. The second-order valence-corrected chi connectivity index (χ2v) is 6.43. The second kappa shape index (κ2) is 6.72. The van der Waals surface area contributed by atoms with Crippen LogP contribution in [0.3, 0.4) is 0 Å². The Morgan fingerprint density at radius 3 is 3.00 bits per heavy atom. The van der Waals surface area contributed by atoms with E-state index in [9.17, 15) is 9.59 Å². The highest BCUT2D eigenvalue weighted by molar-refractivity contribution is 7.09. The first kappa shape index (κ1) is 15.4. The van der Waals surface area contributed by atoms with Gasteiger partial charge in [0.1, 0.15) is 11.1 Å². The number of thiazole rings is 1. The number of aromatic nitrogens is 1. The van der Waals surface area contributed by atoms with Crippen molar-refractivity contribution < 1.29 is 14.3 Å². The maximum absolute atomic E-state index is 11.5. The van der Waals surface area contributed by atoms with Crippen LogP contribution in [0.15, 0.2) is 5.38 Å². The summed E-state index contributed by atoms with van der Waals surface area (Å²) in [5, 5.41) is 5.60. The minimum atomic E-state index is -0.275. The lowest BCUT2D eigenvalue weighted by molar-refractivity contribution is -0.125. The normalized spacial score (nSPS) is 23.1. The van der Waals surface area contributed by atoms with E-state index in [1.54, 1.807) is 11.3 Å². The summed E-state index contributed by atoms with van der Waals surface area (Å²) in [7, 11) is 0. The van der Waals surface area contributed by atoms with Crippen molar-refractivity contribution in [3.8, 4) is 0 Å². The maximum atomic E-state index is 11.5. The number of aryl methyl sites for hydroxylation is 1. The van der Waals surface area contributed by atoms with Crippen molar-refractivity contribution >= 4 is 23.3 Å². The smallest absolute Gasteiger partial charge is 0.324 e. The van der Waals surface area contributed by atoms with Crippen molar-refractivity contribution in [1.82, 2.24) is 20.1 Å². The molecule has 7 nitrogen and oxygen atoms in total. The molecule has 8 heteroatoms. The van der Waals surface area contributed by atoms with Crippen LogP contribution in [0.2, 0.25) is 0 Å². The highest BCUT2D eigenvalue weighted by Crippen LogP contribution is 2.25. The predicted molar refractivity (Wildman–Crippen MR) is 81.7 cm³/mol. The number of nitrogens with one attached hydrogen (secondary N) is 1. The minimum Gasteiger partial charge on any atom is -0.368 e. The van der Waals surface area contributed by atoms with Crippen LogP contribution in [0.25, 0.3) is 0 Å². The molecule has 3 amide bonds. The van der Waals surface area contributed by atoms with E-state index in [4.69, 9.17) is 4.74 Å². The molecular weight excluding hydrogens is 304 g/mol. The number of carbonyl (C=O) groups excluding carboxylic acids is 2. The summed E-state index contributed by atoms with van der Waals surface area (Å²) in [5.74, 6) is -0.136. The van der Waals surface area contributed by atoms with Crippen molar-refractivity contribution in [3.63, 3.8) is 0 Å². The summed E-state index contributed by atoms with van der Waals surface area (Å²) in [6.07, 6.45) is 0.812. The average molecular weight is 324 g/mol. The Hall–Kier alpha value is -1.51. The number of amides is 3. The van der Waals surface area contributed by atoms with Crippen molar-refractivity contribution in [1.29, 1.82) is 0 Å². The van der Waals surface area contributed by atoms with E-state index in [2.05, 4.69) is 15.2 Å². The van der Waals surface area contributed by atoms with E-state index in [-0.39, 0.29) is 24.6 Å². The van der Waals surface area contributed by atoms with Crippen LogP contribution in [0, 0.1) is 6.92 Å². The van der Waals surface area contributed by atoms with E-state index < -0.39 is 0 Å². The maximum Gasteiger partial charge on any atom is 0.324 e. The number of rotatable bonds is 5. The Labute approximate surface area is 133 Å². The van der Waals surface area contributed by atoms with Crippen molar-refractivity contribution in [2.45, 2.75) is 19.4 Å². The van der Waals surface area contributed by atoms with E-state index in [1.807, 2.05) is 12.3 Å². The molecule has 0 saturated carbocycles. The molecule has 0 radical (unpaired) electrons. The predicted octanol–water partition coefficient (Wildman–Crippen LogP) is 0.767. The number of carbonyl (C=O) groups is 2. The van der Waals surface area contributed by atoms with Crippen LogP contribution in [-0.2, 0) is 9.53 Å². The molecule has 2 aliphatic rings. The van der Waals surface area contributed by atoms with Crippen LogP contribution in [-0.4, -0.2) is 66.1 Å². The van der Waals surface area contributed by atoms with Gasteiger partial charge in [0.25, 0.3) is 0 Å².